The van der Waals surface area contributed by atoms with Crippen LogP contribution in [0, 0.1) is 11.8 Å². The topological polar surface area (TPSA) is 47.6 Å². The van der Waals surface area contributed by atoms with Gasteiger partial charge in [-0.1, -0.05) is 33.6 Å². The lowest BCUT2D eigenvalue weighted by Crippen LogP contribution is -2.23. The number of nitrogens with one attached hydrogen (secondary N) is 1. The summed E-state index contributed by atoms with van der Waals surface area (Å²) in [7, 11) is 1.54. The van der Waals surface area contributed by atoms with Crippen LogP contribution in [0.5, 0.6) is 0 Å². The highest BCUT2D eigenvalue weighted by atomic mass is 16.6. The monoisotopic (exact) mass is 243 g/mol. The molecule has 100 valence electrons. The standard InChI is InChI=1S/C13H25NO3/c1-6-8-10(3)11(4)12(14-16-5)9-13(15)17-7-2/h9-11,14H,6-8H2,1-5H3/b12-9-/t10-,11-/m1/s1. The first-order chi connectivity index (χ1) is 8.06. The van der Waals surface area contributed by atoms with Crippen molar-refractivity contribution in [3.8, 4) is 0 Å². The quantitative estimate of drug-likeness (QED) is 0.404. The zero-order valence-electron chi connectivity index (χ0n) is 11.6. The van der Waals surface area contributed by atoms with E-state index >= 15 is 0 Å². The van der Waals surface area contributed by atoms with Crippen LogP contribution in [0.2, 0.25) is 0 Å². The van der Waals surface area contributed by atoms with E-state index in [-0.39, 0.29) is 11.9 Å². The van der Waals surface area contributed by atoms with Crippen molar-refractivity contribution in [2.24, 2.45) is 11.8 Å². The lowest BCUT2D eigenvalue weighted by atomic mass is 9.89. The highest BCUT2D eigenvalue weighted by Crippen LogP contribution is 2.22. The molecule has 0 aromatic carbocycles. The highest BCUT2D eigenvalue weighted by Gasteiger charge is 2.17. The fourth-order valence-electron chi connectivity index (χ4n) is 1.69. The summed E-state index contributed by atoms with van der Waals surface area (Å²) in [6.45, 7) is 8.58. The van der Waals surface area contributed by atoms with Gasteiger partial charge in [0.05, 0.1) is 13.7 Å². The van der Waals surface area contributed by atoms with Crippen LogP contribution in [-0.2, 0) is 14.4 Å². The predicted molar refractivity (Wildman–Crippen MR) is 68.1 cm³/mol. The molecule has 0 heterocycles. The lowest BCUT2D eigenvalue weighted by Gasteiger charge is -2.22. The molecule has 0 radical (unpaired) electrons. The maximum atomic E-state index is 11.4. The largest absolute Gasteiger partial charge is 0.463 e. The minimum atomic E-state index is -0.331. The third-order valence-electron chi connectivity index (χ3n) is 2.87. The van der Waals surface area contributed by atoms with E-state index in [1.54, 1.807) is 6.92 Å². The molecule has 0 unspecified atom stereocenters. The summed E-state index contributed by atoms with van der Waals surface area (Å²) in [6, 6.07) is 0. The molecule has 0 rings (SSSR count). The molecule has 0 fully saturated rings. The molecule has 4 heteroatoms. The molecule has 0 saturated heterocycles. The van der Waals surface area contributed by atoms with Gasteiger partial charge in [-0.15, -0.1) is 0 Å². The second-order valence-corrected chi connectivity index (χ2v) is 4.21. The minimum Gasteiger partial charge on any atom is -0.463 e. The van der Waals surface area contributed by atoms with Gasteiger partial charge in [-0.2, -0.15) is 0 Å². The van der Waals surface area contributed by atoms with Crippen LogP contribution in [0.15, 0.2) is 11.8 Å². The van der Waals surface area contributed by atoms with Gasteiger partial charge < -0.3 is 4.74 Å². The van der Waals surface area contributed by atoms with Gasteiger partial charge in [0.2, 0.25) is 0 Å². The number of carbonyl (C=O) groups is 1. The molecule has 0 aliphatic carbocycles. The molecular formula is C13H25NO3. The fraction of sp³-hybridized carbons (Fsp3) is 0.769. The number of allylic oxidation sites excluding steroid dienone is 1. The summed E-state index contributed by atoms with van der Waals surface area (Å²) in [5.74, 6) is 0.394. The van der Waals surface area contributed by atoms with Crippen molar-refractivity contribution in [3.05, 3.63) is 11.8 Å². The third kappa shape index (κ3) is 6.31. The van der Waals surface area contributed by atoms with Gasteiger partial charge >= 0.3 is 5.97 Å². The zero-order chi connectivity index (χ0) is 13.3. The molecule has 0 aliphatic rings. The summed E-state index contributed by atoms with van der Waals surface area (Å²) in [6.07, 6.45) is 3.72. The molecule has 0 spiro atoms. The Morgan fingerprint density at radius 3 is 2.47 bits per heavy atom. The third-order valence-corrected chi connectivity index (χ3v) is 2.87. The van der Waals surface area contributed by atoms with E-state index in [1.165, 1.54) is 13.2 Å². The van der Waals surface area contributed by atoms with Crippen LogP contribution < -0.4 is 5.48 Å². The van der Waals surface area contributed by atoms with Gasteiger partial charge in [0, 0.05) is 17.7 Å². The van der Waals surface area contributed by atoms with Crippen LogP contribution in [0.4, 0.5) is 0 Å². The maximum absolute atomic E-state index is 11.4. The van der Waals surface area contributed by atoms with E-state index in [0.717, 1.165) is 18.5 Å². The molecule has 0 saturated carbocycles. The van der Waals surface area contributed by atoms with E-state index in [4.69, 9.17) is 9.57 Å². The Bertz CT molecular complexity index is 251. The summed E-state index contributed by atoms with van der Waals surface area (Å²) in [5.41, 5.74) is 3.54. The highest BCUT2D eigenvalue weighted by molar-refractivity contribution is 5.82. The van der Waals surface area contributed by atoms with Crippen molar-refractivity contribution in [3.63, 3.8) is 0 Å². The number of esters is 1. The van der Waals surface area contributed by atoms with E-state index in [0.29, 0.717) is 12.5 Å². The van der Waals surface area contributed by atoms with E-state index in [9.17, 15) is 4.79 Å². The van der Waals surface area contributed by atoms with Crippen molar-refractivity contribution < 1.29 is 14.4 Å². The molecule has 0 aliphatic heterocycles. The van der Waals surface area contributed by atoms with Crippen LogP contribution in [0.3, 0.4) is 0 Å². The maximum Gasteiger partial charge on any atom is 0.332 e. The average molecular weight is 243 g/mol. The first kappa shape index (κ1) is 16.0. The minimum absolute atomic E-state index is 0.235. The van der Waals surface area contributed by atoms with Crippen molar-refractivity contribution >= 4 is 5.97 Å². The van der Waals surface area contributed by atoms with Crippen LogP contribution in [0.25, 0.3) is 0 Å². The molecule has 1 N–H and O–H groups in total. The fourth-order valence-corrected chi connectivity index (χ4v) is 1.69. The molecule has 0 aromatic rings. The first-order valence-corrected chi connectivity index (χ1v) is 6.24. The van der Waals surface area contributed by atoms with Gasteiger partial charge in [0.25, 0.3) is 0 Å². The van der Waals surface area contributed by atoms with Gasteiger partial charge in [0.1, 0.15) is 0 Å². The Morgan fingerprint density at radius 2 is 2.00 bits per heavy atom. The lowest BCUT2D eigenvalue weighted by molar-refractivity contribution is -0.137. The number of carbonyl (C=O) groups excluding carboxylic acids is 1. The second-order valence-electron chi connectivity index (χ2n) is 4.21. The summed E-state index contributed by atoms with van der Waals surface area (Å²) >= 11 is 0. The van der Waals surface area contributed by atoms with Gasteiger partial charge in [0.15, 0.2) is 0 Å². The Hall–Kier alpha value is -1.03. The van der Waals surface area contributed by atoms with Crippen LogP contribution >= 0.6 is 0 Å². The van der Waals surface area contributed by atoms with Crippen LogP contribution in [0.1, 0.15) is 40.5 Å². The Morgan fingerprint density at radius 1 is 1.35 bits per heavy atom. The van der Waals surface area contributed by atoms with Crippen molar-refractivity contribution in [1.29, 1.82) is 0 Å². The van der Waals surface area contributed by atoms with E-state index in [1.807, 2.05) is 0 Å². The Labute approximate surface area is 104 Å². The molecular weight excluding hydrogens is 218 g/mol. The first-order valence-electron chi connectivity index (χ1n) is 6.24. The van der Waals surface area contributed by atoms with Gasteiger partial charge in [-0.05, 0) is 12.8 Å². The van der Waals surface area contributed by atoms with E-state index < -0.39 is 0 Å². The smallest absolute Gasteiger partial charge is 0.332 e. The second kappa shape index (κ2) is 9.05. The number of hydrogen-bond donors (Lipinski definition) is 1. The molecule has 0 aromatic heterocycles. The molecule has 4 nitrogen and oxygen atoms in total. The van der Waals surface area contributed by atoms with Gasteiger partial charge in [-0.25, -0.2) is 4.79 Å². The molecule has 17 heavy (non-hydrogen) atoms. The van der Waals surface area contributed by atoms with Crippen molar-refractivity contribution in [2.75, 3.05) is 13.7 Å². The predicted octanol–water partition coefficient (Wildman–Crippen LogP) is 2.66. The summed E-state index contributed by atoms with van der Waals surface area (Å²) in [4.78, 5) is 16.3. The number of rotatable bonds is 8. The van der Waals surface area contributed by atoms with Crippen molar-refractivity contribution in [2.45, 2.75) is 40.5 Å². The van der Waals surface area contributed by atoms with E-state index in [2.05, 4.69) is 26.3 Å². The number of ether oxygens (including phenoxy) is 1. The Balaban J connectivity index is 4.64. The van der Waals surface area contributed by atoms with Crippen LogP contribution in [-0.4, -0.2) is 19.7 Å². The normalized spacial score (nSPS) is 15.2. The SMILES string of the molecule is CCC[C@@H](C)[C@@H](C)/C(=C/C(=O)OCC)NOC. The van der Waals surface area contributed by atoms with Crippen molar-refractivity contribution in [1.82, 2.24) is 5.48 Å². The molecule has 2 atom stereocenters. The molecule has 0 amide bonds. The van der Waals surface area contributed by atoms with Gasteiger partial charge in [-0.3, -0.25) is 10.3 Å². The molecule has 0 bridgehead atoms. The number of hydroxylamine groups is 1. The zero-order valence-corrected chi connectivity index (χ0v) is 11.6. The summed E-state index contributed by atoms with van der Waals surface area (Å²) in [5, 5.41) is 0. The average Bonchev–Trinajstić information content (AvgIpc) is 2.28. The summed E-state index contributed by atoms with van der Waals surface area (Å²) < 4.78 is 4.90. The number of hydrogen-bond acceptors (Lipinski definition) is 4. The Kier molecular flexibility index (Phi) is 8.50.